The number of alkyl halides is 3. The van der Waals surface area contributed by atoms with Crippen LogP contribution in [0.15, 0.2) is 23.3 Å². The lowest BCUT2D eigenvalue weighted by Gasteiger charge is -2.41. The SMILES string of the molecule is NC1(C2=CCCC=C2C(F)(F)F)COC1. The summed E-state index contributed by atoms with van der Waals surface area (Å²) in [5.74, 6) is 0. The third-order valence-corrected chi connectivity index (χ3v) is 2.71. The molecule has 1 fully saturated rings. The normalized spacial score (nSPS) is 25.3. The Kier molecular flexibility index (Phi) is 2.39. The number of hydrogen-bond acceptors (Lipinski definition) is 2. The summed E-state index contributed by atoms with van der Waals surface area (Å²) >= 11 is 0. The van der Waals surface area contributed by atoms with Gasteiger partial charge in [0.15, 0.2) is 0 Å². The summed E-state index contributed by atoms with van der Waals surface area (Å²) in [5.41, 5.74) is 4.52. The Morgan fingerprint density at radius 1 is 1.20 bits per heavy atom. The Bertz CT molecular complexity index is 326. The van der Waals surface area contributed by atoms with Crippen LogP contribution in [0.1, 0.15) is 12.8 Å². The second-order valence-corrected chi connectivity index (χ2v) is 3.96. The van der Waals surface area contributed by atoms with Crippen LogP contribution >= 0.6 is 0 Å². The number of rotatable bonds is 1. The van der Waals surface area contributed by atoms with E-state index in [2.05, 4.69) is 0 Å². The summed E-state index contributed by atoms with van der Waals surface area (Å²) in [5, 5.41) is 0. The lowest BCUT2D eigenvalue weighted by molar-refractivity contribution is -0.0960. The van der Waals surface area contributed by atoms with Crippen molar-refractivity contribution < 1.29 is 17.9 Å². The van der Waals surface area contributed by atoms with Crippen molar-refractivity contribution in [2.24, 2.45) is 5.73 Å². The van der Waals surface area contributed by atoms with Crippen LogP contribution in [-0.4, -0.2) is 24.9 Å². The molecule has 2 N–H and O–H groups in total. The van der Waals surface area contributed by atoms with Crippen molar-refractivity contribution in [2.75, 3.05) is 13.2 Å². The monoisotopic (exact) mass is 219 g/mol. The minimum absolute atomic E-state index is 0.173. The average Bonchev–Trinajstić information content (AvgIpc) is 2.13. The van der Waals surface area contributed by atoms with Crippen LogP contribution in [0.2, 0.25) is 0 Å². The van der Waals surface area contributed by atoms with Crippen molar-refractivity contribution in [3.63, 3.8) is 0 Å². The van der Waals surface area contributed by atoms with E-state index in [4.69, 9.17) is 10.5 Å². The molecule has 5 heteroatoms. The van der Waals surface area contributed by atoms with Gasteiger partial charge < -0.3 is 10.5 Å². The van der Waals surface area contributed by atoms with Crippen LogP contribution in [0.4, 0.5) is 13.2 Å². The van der Waals surface area contributed by atoms with E-state index in [1.165, 1.54) is 6.08 Å². The molecule has 2 rings (SSSR count). The van der Waals surface area contributed by atoms with Gasteiger partial charge in [0, 0.05) is 0 Å². The molecule has 0 unspecified atom stereocenters. The summed E-state index contributed by atoms with van der Waals surface area (Å²) in [6.45, 7) is 0.346. The molecule has 84 valence electrons. The molecule has 1 aliphatic carbocycles. The second-order valence-electron chi connectivity index (χ2n) is 3.96. The molecule has 0 aromatic rings. The van der Waals surface area contributed by atoms with Crippen molar-refractivity contribution in [3.8, 4) is 0 Å². The first-order valence-electron chi connectivity index (χ1n) is 4.78. The van der Waals surface area contributed by atoms with Gasteiger partial charge in [0.1, 0.15) is 0 Å². The highest BCUT2D eigenvalue weighted by atomic mass is 19.4. The van der Waals surface area contributed by atoms with Crippen LogP contribution < -0.4 is 5.73 Å². The fraction of sp³-hybridized carbons (Fsp3) is 0.600. The zero-order valence-corrected chi connectivity index (χ0v) is 8.10. The Morgan fingerprint density at radius 3 is 2.27 bits per heavy atom. The first-order chi connectivity index (χ1) is 6.93. The summed E-state index contributed by atoms with van der Waals surface area (Å²) in [4.78, 5) is 0. The van der Waals surface area contributed by atoms with E-state index >= 15 is 0 Å². The Morgan fingerprint density at radius 2 is 1.80 bits per heavy atom. The van der Waals surface area contributed by atoms with Crippen LogP contribution in [0.3, 0.4) is 0 Å². The maximum Gasteiger partial charge on any atom is 0.416 e. The quantitative estimate of drug-likeness (QED) is 0.731. The Balaban J connectivity index is 2.30. The lowest BCUT2D eigenvalue weighted by atomic mass is 9.80. The molecule has 15 heavy (non-hydrogen) atoms. The van der Waals surface area contributed by atoms with Gasteiger partial charge in [-0.1, -0.05) is 12.2 Å². The van der Waals surface area contributed by atoms with E-state index in [0.29, 0.717) is 12.8 Å². The number of nitrogens with two attached hydrogens (primary N) is 1. The van der Waals surface area contributed by atoms with Crippen molar-refractivity contribution >= 4 is 0 Å². The van der Waals surface area contributed by atoms with E-state index in [9.17, 15) is 13.2 Å². The van der Waals surface area contributed by atoms with Crippen molar-refractivity contribution in [3.05, 3.63) is 23.3 Å². The van der Waals surface area contributed by atoms with Crippen LogP contribution in [0.25, 0.3) is 0 Å². The van der Waals surface area contributed by atoms with Gasteiger partial charge in [0.25, 0.3) is 0 Å². The Labute approximate surface area is 85.6 Å². The molecule has 2 aliphatic rings. The maximum atomic E-state index is 12.7. The molecule has 1 aliphatic heterocycles. The highest BCUT2D eigenvalue weighted by Crippen LogP contribution is 2.40. The lowest BCUT2D eigenvalue weighted by Crippen LogP contribution is -2.59. The third-order valence-electron chi connectivity index (χ3n) is 2.71. The number of allylic oxidation sites excluding steroid dienone is 2. The minimum Gasteiger partial charge on any atom is -0.377 e. The van der Waals surface area contributed by atoms with Gasteiger partial charge in [-0.05, 0) is 18.4 Å². The van der Waals surface area contributed by atoms with Gasteiger partial charge in [0.2, 0.25) is 0 Å². The highest BCUT2D eigenvalue weighted by molar-refractivity contribution is 5.45. The second kappa shape index (κ2) is 3.35. The number of hydrogen-bond donors (Lipinski definition) is 1. The largest absolute Gasteiger partial charge is 0.416 e. The smallest absolute Gasteiger partial charge is 0.377 e. The van der Waals surface area contributed by atoms with Crippen LogP contribution in [-0.2, 0) is 4.74 Å². The molecule has 0 aromatic carbocycles. The topological polar surface area (TPSA) is 35.2 Å². The molecule has 2 nitrogen and oxygen atoms in total. The van der Waals surface area contributed by atoms with E-state index in [0.717, 1.165) is 0 Å². The van der Waals surface area contributed by atoms with Crippen molar-refractivity contribution in [2.45, 2.75) is 24.6 Å². The third kappa shape index (κ3) is 1.81. The molecule has 0 spiro atoms. The van der Waals surface area contributed by atoms with E-state index in [-0.39, 0.29) is 18.8 Å². The average molecular weight is 219 g/mol. The molecule has 0 radical (unpaired) electrons. The van der Waals surface area contributed by atoms with Gasteiger partial charge in [0.05, 0.1) is 24.3 Å². The fourth-order valence-electron chi connectivity index (χ4n) is 1.89. The van der Waals surface area contributed by atoms with Gasteiger partial charge in [-0.25, -0.2) is 0 Å². The molecule has 0 amide bonds. The number of halogens is 3. The highest BCUT2D eigenvalue weighted by Gasteiger charge is 2.47. The van der Waals surface area contributed by atoms with E-state index < -0.39 is 17.3 Å². The van der Waals surface area contributed by atoms with Crippen LogP contribution in [0, 0.1) is 0 Å². The van der Waals surface area contributed by atoms with E-state index in [1.807, 2.05) is 0 Å². The first-order valence-corrected chi connectivity index (χ1v) is 4.78. The zero-order valence-electron chi connectivity index (χ0n) is 8.10. The summed E-state index contributed by atoms with van der Waals surface area (Å²) < 4.78 is 42.9. The van der Waals surface area contributed by atoms with Gasteiger partial charge in [-0.2, -0.15) is 13.2 Å². The standard InChI is InChI=1S/C10H12F3NO/c11-10(12,13)8-4-2-1-3-7(8)9(14)5-15-6-9/h3-4H,1-2,5-6,14H2. The van der Waals surface area contributed by atoms with Crippen molar-refractivity contribution in [1.82, 2.24) is 0 Å². The Hall–Kier alpha value is -0.810. The summed E-state index contributed by atoms with van der Waals surface area (Å²) in [6.07, 6.45) is -0.453. The van der Waals surface area contributed by atoms with Gasteiger partial charge in [-0.15, -0.1) is 0 Å². The molecule has 0 saturated carbocycles. The summed E-state index contributed by atoms with van der Waals surface area (Å²) in [6, 6.07) is 0. The van der Waals surface area contributed by atoms with E-state index in [1.54, 1.807) is 6.08 Å². The first kappa shape index (κ1) is 10.7. The van der Waals surface area contributed by atoms with Crippen LogP contribution in [0.5, 0.6) is 0 Å². The fourth-order valence-corrected chi connectivity index (χ4v) is 1.89. The molecule has 0 bridgehead atoms. The van der Waals surface area contributed by atoms with Gasteiger partial charge >= 0.3 is 6.18 Å². The summed E-state index contributed by atoms with van der Waals surface area (Å²) in [7, 11) is 0. The predicted molar refractivity (Wildman–Crippen MR) is 49.2 cm³/mol. The zero-order chi connectivity index (χ0) is 11.1. The molecule has 1 heterocycles. The number of ether oxygens (including phenoxy) is 1. The predicted octanol–water partition coefficient (Wildman–Crippen LogP) is 1.92. The van der Waals surface area contributed by atoms with Gasteiger partial charge in [-0.3, -0.25) is 0 Å². The van der Waals surface area contributed by atoms with Crippen molar-refractivity contribution in [1.29, 1.82) is 0 Å². The maximum absolute atomic E-state index is 12.7. The molecule has 0 aromatic heterocycles. The minimum atomic E-state index is -4.31. The molecular weight excluding hydrogens is 207 g/mol. The molecule has 1 saturated heterocycles. The molecular formula is C10H12F3NO. The molecule has 0 atom stereocenters.